The highest BCUT2D eigenvalue weighted by Crippen LogP contribution is 2.34. The third-order valence-electron chi connectivity index (χ3n) is 7.53. The van der Waals surface area contributed by atoms with Gasteiger partial charge in [-0.2, -0.15) is 0 Å². The number of hydrogen-bond acceptors (Lipinski definition) is 6. The molecule has 1 aromatic rings. The molecule has 0 N–H and O–H groups in total. The third kappa shape index (κ3) is 5.98. The lowest BCUT2D eigenvalue weighted by Crippen LogP contribution is -2.47. The summed E-state index contributed by atoms with van der Waals surface area (Å²) in [6.45, 7) is 8.32. The van der Waals surface area contributed by atoms with E-state index in [-0.39, 0.29) is 6.10 Å². The number of fused-ring (bicyclic) bond motifs is 1. The minimum absolute atomic E-state index is 0.0521. The van der Waals surface area contributed by atoms with Crippen molar-refractivity contribution in [3.8, 4) is 5.75 Å². The Morgan fingerprint density at radius 3 is 2.68 bits per heavy atom. The second-order valence-corrected chi connectivity index (χ2v) is 9.71. The summed E-state index contributed by atoms with van der Waals surface area (Å²) in [6, 6.07) is 1.99. The summed E-state index contributed by atoms with van der Waals surface area (Å²) in [6.07, 6.45) is 10.6. The number of rotatable bonds is 9. The molecule has 2 fully saturated rings. The summed E-state index contributed by atoms with van der Waals surface area (Å²) in [7, 11) is 1.68. The molecule has 3 heterocycles. The van der Waals surface area contributed by atoms with Crippen LogP contribution in [0.15, 0.2) is 12.3 Å². The van der Waals surface area contributed by atoms with E-state index < -0.39 is 0 Å². The maximum Gasteiger partial charge on any atom is 0.135 e. The second kappa shape index (κ2) is 10.8. The van der Waals surface area contributed by atoms with Gasteiger partial charge in [0.15, 0.2) is 0 Å². The first-order chi connectivity index (χ1) is 15.1. The van der Waals surface area contributed by atoms with Crippen LogP contribution < -0.4 is 9.64 Å². The van der Waals surface area contributed by atoms with Crippen molar-refractivity contribution in [2.75, 3.05) is 51.3 Å². The number of pyridine rings is 1. The molecule has 0 aromatic carbocycles. The molecule has 0 radical (unpaired) electrons. The largest absolute Gasteiger partial charge is 0.493 e. The van der Waals surface area contributed by atoms with Crippen molar-refractivity contribution in [3.63, 3.8) is 0 Å². The molecule has 1 aliphatic carbocycles. The van der Waals surface area contributed by atoms with Crippen LogP contribution in [0.2, 0.25) is 0 Å². The van der Waals surface area contributed by atoms with E-state index in [1.165, 1.54) is 44.2 Å². The van der Waals surface area contributed by atoms with Crippen molar-refractivity contribution in [2.24, 2.45) is 11.8 Å². The predicted molar refractivity (Wildman–Crippen MR) is 123 cm³/mol. The Bertz CT molecular complexity index is 725. The molecule has 31 heavy (non-hydrogen) atoms. The van der Waals surface area contributed by atoms with Crippen molar-refractivity contribution >= 4 is 11.6 Å². The van der Waals surface area contributed by atoms with Crippen molar-refractivity contribution in [1.29, 1.82) is 0 Å². The van der Waals surface area contributed by atoms with Gasteiger partial charge in [-0.1, -0.05) is 12.8 Å². The van der Waals surface area contributed by atoms with Crippen molar-refractivity contribution in [1.82, 2.24) is 9.88 Å². The molecule has 1 saturated heterocycles. The van der Waals surface area contributed by atoms with Crippen LogP contribution in [0.3, 0.4) is 0 Å². The van der Waals surface area contributed by atoms with E-state index in [4.69, 9.17) is 9.47 Å². The van der Waals surface area contributed by atoms with Gasteiger partial charge < -0.3 is 14.4 Å². The molecule has 2 aliphatic heterocycles. The van der Waals surface area contributed by atoms with Crippen molar-refractivity contribution in [2.45, 2.75) is 64.4 Å². The summed E-state index contributed by atoms with van der Waals surface area (Å²) in [5.74, 6) is 3.97. The number of carbonyl (C=O) groups excluding carboxylic acids is 1. The normalized spacial score (nSPS) is 25.2. The zero-order valence-electron chi connectivity index (χ0n) is 19.4. The molecule has 6 nitrogen and oxygen atoms in total. The maximum atomic E-state index is 12.2. The molecule has 1 unspecified atom stereocenters. The SMILES string of the molecule is COC(C)CC(=O)CC1CCC(CCN2CCN(c3nccc4c3CCO4)CC2)CC1. The topological polar surface area (TPSA) is 54.9 Å². The number of carbonyl (C=O) groups is 1. The molecule has 172 valence electrons. The zero-order valence-corrected chi connectivity index (χ0v) is 19.4. The van der Waals surface area contributed by atoms with Gasteiger partial charge in [-0.15, -0.1) is 0 Å². The Kier molecular flexibility index (Phi) is 7.83. The first kappa shape index (κ1) is 22.5. The first-order valence-corrected chi connectivity index (χ1v) is 12.2. The van der Waals surface area contributed by atoms with Crippen LogP contribution in [-0.4, -0.2) is 68.2 Å². The zero-order chi connectivity index (χ0) is 21.6. The van der Waals surface area contributed by atoms with Gasteiger partial charge in [0, 0.05) is 64.3 Å². The van der Waals surface area contributed by atoms with Gasteiger partial charge in [-0.3, -0.25) is 9.69 Å². The Labute approximate surface area is 187 Å². The fourth-order valence-corrected chi connectivity index (χ4v) is 5.45. The Hall–Kier alpha value is -1.66. The molecule has 1 atom stereocenters. The van der Waals surface area contributed by atoms with Gasteiger partial charge in [-0.25, -0.2) is 4.98 Å². The number of piperazine rings is 1. The minimum Gasteiger partial charge on any atom is -0.493 e. The number of Topliss-reactive ketones (excluding diaryl/α,β-unsaturated/α-hetero) is 1. The standard InChI is InChI=1S/C25H39N3O3/c1-19(30-2)17-22(29)18-21-5-3-20(4-6-21)8-11-27-12-14-28(15-13-27)25-23-9-16-31-24(23)7-10-26-25/h7,10,19-21H,3-6,8-9,11-18H2,1-2H3. The number of nitrogens with zero attached hydrogens (tertiary/aromatic N) is 3. The van der Waals surface area contributed by atoms with Gasteiger partial charge in [0.25, 0.3) is 0 Å². The number of hydrogen-bond donors (Lipinski definition) is 0. The highest BCUT2D eigenvalue weighted by molar-refractivity contribution is 5.79. The molecule has 1 saturated carbocycles. The monoisotopic (exact) mass is 429 g/mol. The molecule has 0 amide bonds. The number of ketones is 1. The quantitative estimate of drug-likeness (QED) is 0.596. The molecule has 3 aliphatic rings. The highest BCUT2D eigenvalue weighted by Gasteiger charge is 2.26. The van der Waals surface area contributed by atoms with Crippen LogP contribution in [-0.2, 0) is 16.0 Å². The van der Waals surface area contributed by atoms with Gasteiger partial charge in [0.05, 0.1) is 12.7 Å². The van der Waals surface area contributed by atoms with Crippen LogP contribution in [0.5, 0.6) is 5.75 Å². The Balaban J connectivity index is 1.14. The lowest BCUT2D eigenvalue weighted by atomic mass is 9.78. The van der Waals surface area contributed by atoms with E-state index in [0.29, 0.717) is 18.1 Å². The van der Waals surface area contributed by atoms with Gasteiger partial charge >= 0.3 is 0 Å². The highest BCUT2D eigenvalue weighted by atomic mass is 16.5. The Morgan fingerprint density at radius 1 is 1.19 bits per heavy atom. The summed E-state index contributed by atoms with van der Waals surface area (Å²) >= 11 is 0. The van der Waals surface area contributed by atoms with E-state index in [9.17, 15) is 4.79 Å². The van der Waals surface area contributed by atoms with E-state index in [0.717, 1.165) is 63.1 Å². The fourth-order valence-electron chi connectivity index (χ4n) is 5.45. The van der Waals surface area contributed by atoms with E-state index in [2.05, 4.69) is 14.8 Å². The van der Waals surface area contributed by atoms with Gasteiger partial charge in [0.2, 0.25) is 0 Å². The van der Waals surface area contributed by atoms with Crippen LogP contribution in [0.1, 0.15) is 57.4 Å². The van der Waals surface area contributed by atoms with E-state index in [1.807, 2.05) is 19.2 Å². The molecule has 4 rings (SSSR count). The average molecular weight is 430 g/mol. The van der Waals surface area contributed by atoms with Crippen LogP contribution in [0.25, 0.3) is 0 Å². The number of ether oxygens (including phenoxy) is 2. The molecule has 1 aromatic heterocycles. The van der Waals surface area contributed by atoms with Crippen LogP contribution in [0.4, 0.5) is 5.82 Å². The summed E-state index contributed by atoms with van der Waals surface area (Å²) in [5, 5.41) is 0. The number of methoxy groups -OCH3 is 1. The minimum atomic E-state index is 0.0521. The van der Waals surface area contributed by atoms with Crippen molar-refractivity contribution in [3.05, 3.63) is 17.8 Å². The summed E-state index contributed by atoms with van der Waals surface area (Å²) < 4.78 is 10.9. The lowest BCUT2D eigenvalue weighted by molar-refractivity contribution is -0.122. The maximum absolute atomic E-state index is 12.2. The number of anilines is 1. The molecule has 0 bridgehead atoms. The first-order valence-electron chi connectivity index (χ1n) is 12.2. The fraction of sp³-hybridized carbons (Fsp3) is 0.760. The van der Waals surface area contributed by atoms with E-state index in [1.54, 1.807) is 7.11 Å². The smallest absolute Gasteiger partial charge is 0.135 e. The predicted octanol–water partition coefficient (Wildman–Crippen LogP) is 3.72. The summed E-state index contributed by atoms with van der Waals surface area (Å²) in [4.78, 5) is 21.9. The van der Waals surface area contributed by atoms with Crippen LogP contribution in [0, 0.1) is 11.8 Å². The lowest BCUT2D eigenvalue weighted by Gasteiger charge is -2.37. The Morgan fingerprint density at radius 2 is 1.94 bits per heavy atom. The average Bonchev–Trinajstić information content (AvgIpc) is 3.28. The molecular formula is C25H39N3O3. The molecule has 6 heteroatoms. The number of aromatic nitrogens is 1. The van der Waals surface area contributed by atoms with Gasteiger partial charge in [0.1, 0.15) is 17.4 Å². The second-order valence-electron chi connectivity index (χ2n) is 9.71. The van der Waals surface area contributed by atoms with Crippen LogP contribution >= 0.6 is 0 Å². The van der Waals surface area contributed by atoms with Crippen molar-refractivity contribution < 1.29 is 14.3 Å². The summed E-state index contributed by atoms with van der Waals surface area (Å²) in [5.41, 5.74) is 1.29. The molecule has 0 spiro atoms. The van der Waals surface area contributed by atoms with E-state index >= 15 is 0 Å². The van der Waals surface area contributed by atoms with Gasteiger partial charge in [-0.05, 0) is 50.6 Å². The molecular weight excluding hydrogens is 390 g/mol. The third-order valence-corrected chi connectivity index (χ3v) is 7.53.